The van der Waals surface area contributed by atoms with E-state index < -0.39 is 20.4 Å². The SMILES string of the molecule is O=C(O)C(Sc1ccc([N+](=O)[O-])cc1)Sc1ccc([N+](=O)[O-])cc1. The molecule has 0 atom stereocenters. The van der Waals surface area contributed by atoms with E-state index in [0.717, 1.165) is 23.5 Å². The Bertz CT molecular complexity index is 704. The van der Waals surface area contributed by atoms with Gasteiger partial charge in [-0.15, -0.1) is 0 Å². The summed E-state index contributed by atoms with van der Waals surface area (Å²) in [6.45, 7) is 0. The van der Waals surface area contributed by atoms with Gasteiger partial charge in [-0.2, -0.15) is 0 Å². The second-order valence-corrected chi connectivity index (χ2v) is 7.06. The molecule has 0 saturated heterocycles. The van der Waals surface area contributed by atoms with Crippen LogP contribution in [-0.2, 0) is 4.79 Å². The summed E-state index contributed by atoms with van der Waals surface area (Å²) in [5.41, 5.74) is -0.150. The number of carbonyl (C=O) groups is 1. The summed E-state index contributed by atoms with van der Waals surface area (Å²) in [4.78, 5) is 32.7. The van der Waals surface area contributed by atoms with Crippen molar-refractivity contribution in [3.63, 3.8) is 0 Å². The Morgan fingerprint density at radius 3 is 1.42 bits per heavy atom. The molecule has 124 valence electrons. The van der Waals surface area contributed by atoms with Gasteiger partial charge in [-0.05, 0) is 24.3 Å². The lowest BCUT2D eigenvalue weighted by Gasteiger charge is -2.11. The number of thioether (sulfide) groups is 2. The van der Waals surface area contributed by atoms with Gasteiger partial charge in [0.25, 0.3) is 11.4 Å². The molecule has 0 bridgehead atoms. The quantitative estimate of drug-likeness (QED) is 0.340. The third-order valence-corrected chi connectivity index (χ3v) is 5.28. The fourth-order valence-corrected chi connectivity index (χ4v) is 3.81. The summed E-state index contributed by atoms with van der Waals surface area (Å²) < 4.78 is -0.895. The molecule has 8 nitrogen and oxygen atoms in total. The van der Waals surface area contributed by atoms with Crippen LogP contribution in [0.5, 0.6) is 0 Å². The normalized spacial score (nSPS) is 10.5. The Labute approximate surface area is 144 Å². The summed E-state index contributed by atoms with van der Waals surface area (Å²) >= 11 is 2.06. The van der Waals surface area contributed by atoms with Gasteiger partial charge >= 0.3 is 5.97 Å². The van der Waals surface area contributed by atoms with E-state index in [4.69, 9.17) is 0 Å². The van der Waals surface area contributed by atoms with Crippen molar-refractivity contribution in [1.82, 2.24) is 0 Å². The fraction of sp³-hybridized carbons (Fsp3) is 0.0714. The average molecular weight is 366 g/mol. The molecule has 0 spiro atoms. The molecule has 0 radical (unpaired) electrons. The van der Waals surface area contributed by atoms with Gasteiger partial charge in [0.1, 0.15) is 0 Å². The van der Waals surface area contributed by atoms with E-state index in [-0.39, 0.29) is 11.4 Å². The number of hydrogen-bond acceptors (Lipinski definition) is 7. The largest absolute Gasteiger partial charge is 0.480 e. The van der Waals surface area contributed by atoms with Crippen molar-refractivity contribution >= 4 is 40.9 Å². The van der Waals surface area contributed by atoms with Crippen LogP contribution < -0.4 is 0 Å². The predicted molar refractivity (Wildman–Crippen MR) is 89.3 cm³/mol. The molecule has 2 rings (SSSR count). The van der Waals surface area contributed by atoms with E-state index >= 15 is 0 Å². The van der Waals surface area contributed by atoms with Crippen molar-refractivity contribution < 1.29 is 19.7 Å². The van der Waals surface area contributed by atoms with E-state index in [2.05, 4.69) is 0 Å². The van der Waals surface area contributed by atoms with Gasteiger partial charge in [0.2, 0.25) is 0 Å². The molecule has 0 fully saturated rings. The summed E-state index contributed by atoms with van der Waals surface area (Å²) in [6.07, 6.45) is 0. The molecular weight excluding hydrogens is 356 g/mol. The second kappa shape index (κ2) is 7.79. The first-order chi connectivity index (χ1) is 11.4. The van der Waals surface area contributed by atoms with Crippen LogP contribution in [0.25, 0.3) is 0 Å². The maximum absolute atomic E-state index is 11.4. The zero-order valence-electron chi connectivity index (χ0n) is 11.9. The van der Waals surface area contributed by atoms with Crippen LogP contribution in [0, 0.1) is 20.2 Å². The number of carboxylic acid groups (broad SMARTS) is 1. The third-order valence-electron chi connectivity index (χ3n) is 2.78. The number of non-ortho nitro benzene ring substituents is 2. The van der Waals surface area contributed by atoms with E-state index in [1.165, 1.54) is 48.5 Å². The molecule has 0 aromatic heterocycles. The number of nitro benzene ring substituents is 2. The lowest BCUT2D eigenvalue weighted by molar-refractivity contribution is -0.385. The molecule has 24 heavy (non-hydrogen) atoms. The highest BCUT2D eigenvalue weighted by Gasteiger charge is 2.21. The number of benzene rings is 2. The van der Waals surface area contributed by atoms with Crippen LogP contribution in [0.4, 0.5) is 11.4 Å². The summed E-state index contributed by atoms with van der Waals surface area (Å²) in [7, 11) is 0. The first kappa shape index (κ1) is 17.8. The molecule has 0 aliphatic heterocycles. The van der Waals surface area contributed by atoms with Crippen molar-refractivity contribution in [2.45, 2.75) is 14.4 Å². The smallest absolute Gasteiger partial charge is 0.327 e. The van der Waals surface area contributed by atoms with Crippen LogP contribution >= 0.6 is 23.5 Å². The fourth-order valence-electron chi connectivity index (χ4n) is 1.66. The number of aliphatic carboxylic acids is 1. The Kier molecular flexibility index (Phi) is 5.77. The molecule has 0 aliphatic carbocycles. The van der Waals surface area contributed by atoms with Crippen molar-refractivity contribution in [3.05, 3.63) is 68.8 Å². The molecule has 0 heterocycles. The monoisotopic (exact) mass is 366 g/mol. The van der Waals surface area contributed by atoms with Crippen molar-refractivity contribution in [1.29, 1.82) is 0 Å². The van der Waals surface area contributed by atoms with Crippen molar-refractivity contribution in [2.75, 3.05) is 0 Å². The standard InChI is InChI=1S/C14H10N2O6S2/c17-13(18)14(23-11-5-1-9(2-6-11)15(19)20)24-12-7-3-10(4-8-12)16(21)22/h1-8,14H,(H,17,18). The maximum Gasteiger partial charge on any atom is 0.327 e. The van der Waals surface area contributed by atoms with Gasteiger partial charge in [0, 0.05) is 34.1 Å². The van der Waals surface area contributed by atoms with Gasteiger partial charge in [0.05, 0.1) is 9.85 Å². The molecule has 2 aromatic carbocycles. The minimum Gasteiger partial charge on any atom is -0.480 e. The van der Waals surface area contributed by atoms with Crippen LogP contribution in [0.1, 0.15) is 0 Å². The van der Waals surface area contributed by atoms with Crippen LogP contribution in [0.15, 0.2) is 58.3 Å². The Morgan fingerprint density at radius 1 is 0.833 bits per heavy atom. The molecule has 0 aliphatic rings. The van der Waals surface area contributed by atoms with Gasteiger partial charge in [-0.25, -0.2) is 0 Å². The molecular formula is C14H10N2O6S2. The second-order valence-electron chi connectivity index (χ2n) is 4.41. The van der Waals surface area contributed by atoms with Crippen LogP contribution in [-0.4, -0.2) is 25.5 Å². The number of rotatable bonds is 7. The van der Waals surface area contributed by atoms with Gasteiger partial charge in [0.15, 0.2) is 4.58 Å². The zero-order chi connectivity index (χ0) is 17.7. The molecule has 10 heteroatoms. The first-order valence-electron chi connectivity index (χ1n) is 6.42. The Hall–Kier alpha value is -2.59. The molecule has 0 saturated carbocycles. The van der Waals surface area contributed by atoms with Gasteiger partial charge < -0.3 is 5.11 Å². The highest BCUT2D eigenvalue weighted by Crippen LogP contribution is 2.36. The minimum atomic E-state index is -1.07. The summed E-state index contributed by atoms with van der Waals surface area (Å²) in [6, 6.07) is 11.1. The number of hydrogen-bond donors (Lipinski definition) is 1. The number of nitro groups is 2. The highest BCUT2D eigenvalue weighted by molar-refractivity contribution is 8.18. The lowest BCUT2D eigenvalue weighted by Crippen LogP contribution is -2.11. The maximum atomic E-state index is 11.4. The summed E-state index contributed by atoms with van der Waals surface area (Å²) in [5.74, 6) is -1.07. The molecule has 1 N–H and O–H groups in total. The average Bonchev–Trinajstić information content (AvgIpc) is 2.55. The number of nitrogens with zero attached hydrogens (tertiary/aromatic N) is 2. The zero-order valence-corrected chi connectivity index (χ0v) is 13.5. The van der Waals surface area contributed by atoms with Crippen molar-refractivity contribution in [2.24, 2.45) is 0 Å². The lowest BCUT2D eigenvalue weighted by atomic mass is 10.3. The van der Waals surface area contributed by atoms with Crippen LogP contribution in [0.3, 0.4) is 0 Å². The van der Waals surface area contributed by atoms with Gasteiger partial charge in [-0.3, -0.25) is 25.0 Å². The van der Waals surface area contributed by atoms with E-state index in [1.54, 1.807) is 0 Å². The van der Waals surface area contributed by atoms with Crippen LogP contribution in [0.2, 0.25) is 0 Å². The van der Waals surface area contributed by atoms with E-state index in [0.29, 0.717) is 9.79 Å². The molecule has 2 aromatic rings. The Morgan fingerprint density at radius 2 is 1.17 bits per heavy atom. The topological polar surface area (TPSA) is 124 Å². The van der Waals surface area contributed by atoms with Crippen molar-refractivity contribution in [3.8, 4) is 0 Å². The highest BCUT2D eigenvalue weighted by atomic mass is 32.2. The Balaban J connectivity index is 2.10. The summed E-state index contributed by atoms with van der Waals surface area (Å²) in [5, 5.41) is 30.5. The molecule has 0 amide bonds. The minimum absolute atomic E-state index is 0.0748. The van der Waals surface area contributed by atoms with Gasteiger partial charge in [-0.1, -0.05) is 23.5 Å². The van der Waals surface area contributed by atoms with E-state index in [1.807, 2.05) is 0 Å². The first-order valence-corrected chi connectivity index (χ1v) is 8.18. The number of carboxylic acids is 1. The van der Waals surface area contributed by atoms with E-state index in [9.17, 15) is 30.1 Å². The molecule has 0 unspecified atom stereocenters. The third kappa shape index (κ3) is 4.70. The predicted octanol–water partition coefficient (Wildman–Crippen LogP) is 3.80.